The first kappa shape index (κ1) is 12.4. The van der Waals surface area contributed by atoms with Gasteiger partial charge in [-0.3, -0.25) is 4.79 Å². The van der Waals surface area contributed by atoms with Crippen LogP contribution in [0.15, 0.2) is 30.3 Å². The number of hydrogen-bond acceptors (Lipinski definition) is 2. The molecule has 0 heterocycles. The number of carbonyl (C=O) groups is 2. The van der Waals surface area contributed by atoms with Crippen molar-refractivity contribution in [3.8, 4) is 0 Å². The van der Waals surface area contributed by atoms with Crippen molar-refractivity contribution in [3.05, 3.63) is 35.9 Å². The highest BCUT2D eigenvalue weighted by molar-refractivity contribution is 5.87. The Bertz CT molecular complexity index is 335. The monoisotopic (exact) mass is 220 g/mol. The lowest BCUT2D eigenvalue weighted by Gasteiger charge is -2.05. The number of aromatic carboxylic acids is 1. The van der Waals surface area contributed by atoms with Gasteiger partial charge < -0.3 is 5.11 Å². The van der Waals surface area contributed by atoms with E-state index in [1.165, 1.54) is 6.42 Å². The summed E-state index contributed by atoms with van der Waals surface area (Å²) in [6, 6.07) is 8.30. The van der Waals surface area contributed by atoms with Gasteiger partial charge in [-0.25, -0.2) is 4.79 Å². The van der Waals surface area contributed by atoms with E-state index in [2.05, 4.69) is 0 Å². The summed E-state index contributed by atoms with van der Waals surface area (Å²) in [5.74, 6) is -0.415. The third kappa shape index (κ3) is 4.73. The van der Waals surface area contributed by atoms with Crippen molar-refractivity contribution >= 4 is 11.8 Å². The Labute approximate surface area is 95.1 Å². The molecular weight excluding hydrogens is 204 g/mol. The lowest BCUT2D eigenvalue weighted by atomic mass is 10.00. The molecule has 2 rings (SSSR count). The van der Waals surface area contributed by atoms with E-state index in [9.17, 15) is 9.59 Å². The molecule has 0 spiro atoms. The number of benzene rings is 1. The van der Waals surface area contributed by atoms with Crippen LogP contribution in [0.3, 0.4) is 0 Å². The van der Waals surface area contributed by atoms with Gasteiger partial charge in [-0.1, -0.05) is 24.6 Å². The zero-order chi connectivity index (χ0) is 11.8. The molecule has 0 aliphatic heterocycles. The second kappa shape index (κ2) is 6.77. The molecule has 0 saturated heterocycles. The van der Waals surface area contributed by atoms with Crippen molar-refractivity contribution < 1.29 is 14.7 Å². The van der Waals surface area contributed by atoms with Crippen molar-refractivity contribution in [1.82, 2.24) is 0 Å². The van der Waals surface area contributed by atoms with E-state index in [4.69, 9.17) is 5.11 Å². The summed E-state index contributed by atoms with van der Waals surface area (Å²) >= 11 is 0. The maximum Gasteiger partial charge on any atom is 0.335 e. The highest BCUT2D eigenvalue weighted by atomic mass is 16.4. The second-order valence-corrected chi connectivity index (χ2v) is 3.77. The summed E-state index contributed by atoms with van der Waals surface area (Å²) in [5.41, 5.74) is 0.331. The lowest BCUT2D eigenvalue weighted by molar-refractivity contribution is -0.120. The summed E-state index contributed by atoms with van der Waals surface area (Å²) in [6.07, 6.45) is 5.24. The van der Waals surface area contributed by atoms with Crippen LogP contribution >= 0.6 is 0 Å². The molecule has 0 bridgehead atoms. The SMILES string of the molecule is O=C(O)c1ccccc1.O=C1CCCCC1. The zero-order valence-electron chi connectivity index (χ0n) is 9.19. The molecule has 1 aliphatic carbocycles. The molecular formula is C13H16O3. The van der Waals surface area contributed by atoms with Crippen LogP contribution in [0.25, 0.3) is 0 Å². The Morgan fingerprint density at radius 3 is 1.88 bits per heavy atom. The van der Waals surface area contributed by atoms with Gasteiger partial charge in [0, 0.05) is 12.8 Å². The van der Waals surface area contributed by atoms with Crippen LogP contribution in [-0.2, 0) is 4.79 Å². The molecule has 0 amide bonds. The number of ketones is 1. The fourth-order valence-corrected chi connectivity index (χ4v) is 1.53. The fraction of sp³-hybridized carbons (Fsp3) is 0.385. The Hall–Kier alpha value is -1.64. The third-order valence-electron chi connectivity index (χ3n) is 2.43. The molecule has 1 aromatic carbocycles. The Kier molecular flexibility index (Phi) is 5.26. The van der Waals surface area contributed by atoms with Gasteiger partial charge in [0.1, 0.15) is 5.78 Å². The number of Topliss-reactive ketones (excluding diaryl/α,β-unsaturated/α-hetero) is 1. The number of hydrogen-bond donors (Lipinski definition) is 1. The number of carbonyl (C=O) groups excluding carboxylic acids is 1. The maximum absolute atomic E-state index is 10.5. The van der Waals surface area contributed by atoms with Gasteiger partial charge in [-0.05, 0) is 25.0 Å². The molecule has 1 aromatic rings. The molecule has 3 heteroatoms. The Morgan fingerprint density at radius 2 is 1.56 bits per heavy atom. The van der Waals surface area contributed by atoms with Gasteiger partial charge >= 0.3 is 5.97 Å². The number of rotatable bonds is 1. The first-order valence-electron chi connectivity index (χ1n) is 5.50. The van der Waals surface area contributed by atoms with Crippen molar-refractivity contribution in [1.29, 1.82) is 0 Å². The van der Waals surface area contributed by atoms with Crippen LogP contribution in [0.4, 0.5) is 0 Å². The topological polar surface area (TPSA) is 54.4 Å². The average molecular weight is 220 g/mol. The van der Waals surface area contributed by atoms with Crippen molar-refractivity contribution in [3.63, 3.8) is 0 Å². The highest BCUT2D eigenvalue weighted by Crippen LogP contribution is 2.12. The van der Waals surface area contributed by atoms with E-state index in [0.717, 1.165) is 25.7 Å². The van der Waals surface area contributed by atoms with E-state index >= 15 is 0 Å². The molecule has 0 atom stereocenters. The maximum atomic E-state index is 10.5. The zero-order valence-corrected chi connectivity index (χ0v) is 9.19. The standard InChI is InChI=1S/C7H6O2.C6H10O/c8-7(9)6-4-2-1-3-5-6;7-6-4-2-1-3-5-6/h1-5H,(H,8,9);1-5H2. The van der Waals surface area contributed by atoms with Crippen LogP contribution in [0, 0.1) is 0 Å². The molecule has 1 N–H and O–H groups in total. The summed E-state index contributed by atoms with van der Waals surface area (Å²) < 4.78 is 0. The summed E-state index contributed by atoms with van der Waals surface area (Å²) in [7, 11) is 0. The summed E-state index contributed by atoms with van der Waals surface area (Å²) in [5, 5.41) is 8.38. The quantitative estimate of drug-likeness (QED) is 0.791. The van der Waals surface area contributed by atoms with E-state index < -0.39 is 5.97 Å². The van der Waals surface area contributed by atoms with Crippen molar-refractivity contribution in [2.75, 3.05) is 0 Å². The predicted octanol–water partition coefficient (Wildman–Crippen LogP) is 2.90. The van der Waals surface area contributed by atoms with Crippen LogP contribution in [0.1, 0.15) is 42.5 Å². The predicted molar refractivity (Wildman–Crippen MR) is 61.5 cm³/mol. The van der Waals surface area contributed by atoms with E-state index in [1.54, 1.807) is 30.3 Å². The van der Waals surface area contributed by atoms with E-state index in [0.29, 0.717) is 11.3 Å². The van der Waals surface area contributed by atoms with E-state index in [-0.39, 0.29) is 0 Å². The first-order valence-corrected chi connectivity index (χ1v) is 5.50. The first-order chi connectivity index (χ1) is 7.70. The molecule has 0 radical (unpaired) electrons. The van der Waals surface area contributed by atoms with Gasteiger partial charge in [0.05, 0.1) is 5.56 Å². The third-order valence-corrected chi connectivity index (χ3v) is 2.43. The van der Waals surface area contributed by atoms with Gasteiger partial charge in [0.2, 0.25) is 0 Å². The van der Waals surface area contributed by atoms with Crippen molar-refractivity contribution in [2.45, 2.75) is 32.1 Å². The largest absolute Gasteiger partial charge is 0.478 e. The summed E-state index contributed by atoms with van der Waals surface area (Å²) in [4.78, 5) is 20.7. The average Bonchev–Trinajstić information content (AvgIpc) is 2.32. The van der Waals surface area contributed by atoms with Gasteiger partial charge in [0.25, 0.3) is 0 Å². The Morgan fingerprint density at radius 1 is 1.00 bits per heavy atom. The molecule has 16 heavy (non-hydrogen) atoms. The van der Waals surface area contributed by atoms with Crippen LogP contribution in [0.2, 0.25) is 0 Å². The molecule has 1 fully saturated rings. The fourth-order valence-electron chi connectivity index (χ4n) is 1.53. The number of carboxylic acid groups (broad SMARTS) is 1. The normalized spacial score (nSPS) is 14.9. The molecule has 86 valence electrons. The van der Waals surface area contributed by atoms with Gasteiger partial charge in [0.15, 0.2) is 0 Å². The van der Waals surface area contributed by atoms with Crippen LogP contribution in [0.5, 0.6) is 0 Å². The number of carboxylic acids is 1. The van der Waals surface area contributed by atoms with Gasteiger partial charge in [-0.15, -0.1) is 0 Å². The minimum absolute atomic E-state index is 0.331. The van der Waals surface area contributed by atoms with Gasteiger partial charge in [-0.2, -0.15) is 0 Å². The second-order valence-electron chi connectivity index (χ2n) is 3.77. The Balaban J connectivity index is 0.000000165. The molecule has 1 aliphatic rings. The molecule has 3 nitrogen and oxygen atoms in total. The minimum atomic E-state index is -0.879. The highest BCUT2D eigenvalue weighted by Gasteiger charge is 2.05. The molecule has 0 aromatic heterocycles. The van der Waals surface area contributed by atoms with Crippen molar-refractivity contribution in [2.24, 2.45) is 0 Å². The van der Waals surface area contributed by atoms with Crippen LogP contribution in [-0.4, -0.2) is 16.9 Å². The van der Waals surface area contributed by atoms with Crippen LogP contribution < -0.4 is 0 Å². The minimum Gasteiger partial charge on any atom is -0.478 e. The smallest absolute Gasteiger partial charge is 0.335 e. The summed E-state index contributed by atoms with van der Waals surface area (Å²) in [6.45, 7) is 0. The van der Waals surface area contributed by atoms with E-state index in [1.807, 2.05) is 0 Å². The molecule has 0 unspecified atom stereocenters. The lowest BCUT2D eigenvalue weighted by Crippen LogP contribution is -2.02. The molecule has 1 saturated carbocycles.